The summed E-state index contributed by atoms with van der Waals surface area (Å²) < 4.78 is -2.04. The van der Waals surface area contributed by atoms with Gasteiger partial charge in [0, 0.05) is 0 Å². The van der Waals surface area contributed by atoms with Crippen LogP contribution in [-0.2, 0) is 4.79 Å². The second kappa shape index (κ2) is 4.31. The summed E-state index contributed by atoms with van der Waals surface area (Å²) in [5, 5.41) is 35.0. The van der Waals surface area contributed by atoms with Gasteiger partial charge in [-0.25, -0.2) is 0 Å². The van der Waals surface area contributed by atoms with Gasteiger partial charge in [-0.3, -0.25) is 4.79 Å². The number of carbonyl (C=O) groups excluding carboxylic acids is 1. The average Bonchev–Trinajstić information content (AvgIpc) is 2.01. The van der Waals surface area contributed by atoms with Gasteiger partial charge in [0.25, 0.3) is 0 Å². The van der Waals surface area contributed by atoms with Gasteiger partial charge in [0.15, 0.2) is 9.89 Å². The highest BCUT2D eigenvalue weighted by atomic mass is 127. The van der Waals surface area contributed by atoms with Gasteiger partial charge < -0.3 is 20.4 Å². The molecule has 0 aromatic heterocycles. The summed E-state index contributed by atoms with van der Waals surface area (Å²) in [5.41, 5.74) is 0. The quantitative estimate of drug-likeness (QED) is 0.271. The van der Waals surface area contributed by atoms with Crippen molar-refractivity contribution in [1.29, 1.82) is 0 Å². The first kappa shape index (κ1) is 11.2. The number of hydrogen-bond acceptors (Lipinski definition) is 5. The molecule has 0 spiro atoms. The van der Waals surface area contributed by atoms with E-state index in [0.717, 1.165) is 0 Å². The van der Waals surface area contributed by atoms with Crippen molar-refractivity contribution in [2.75, 3.05) is 6.61 Å². The van der Waals surface area contributed by atoms with E-state index >= 15 is 0 Å². The fraction of sp³-hybridized carbons (Fsp3) is 0.800. The predicted molar refractivity (Wildman–Crippen MR) is 44.1 cm³/mol. The van der Waals surface area contributed by atoms with E-state index in [9.17, 15) is 4.79 Å². The highest BCUT2D eigenvalue weighted by Crippen LogP contribution is 2.19. The molecule has 0 bridgehead atoms. The minimum atomic E-state index is -2.04. The Morgan fingerprint density at radius 3 is 2.27 bits per heavy atom. The average molecular weight is 276 g/mol. The zero-order valence-corrected chi connectivity index (χ0v) is 7.67. The third-order valence-electron chi connectivity index (χ3n) is 1.13. The number of alkyl halides is 1. The first-order chi connectivity index (χ1) is 4.95. The van der Waals surface area contributed by atoms with Crippen LogP contribution in [-0.4, -0.2) is 49.1 Å². The molecule has 0 aromatic rings. The summed E-state index contributed by atoms with van der Waals surface area (Å²) in [4.78, 5) is 10.1. The van der Waals surface area contributed by atoms with E-state index < -0.39 is 22.4 Å². The highest BCUT2D eigenvalue weighted by molar-refractivity contribution is 14.1. The zero-order valence-electron chi connectivity index (χ0n) is 5.51. The van der Waals surface area contributed by atoms with Gasteiger partial charge in [0.2, 0.25) is 0 Å². The molecule has 0 saturated heterocycles. The number of aliphatic hydroxyl groups is 4. The molecule has 0 radical (unpaired) electrons. The Labute approximate surface area is 76.8 Å². The maximum atomic E-state index is 10.1. The lowest BCUT2D eigenvalue weighted by molar-refractivity contribution is -0.130. The summed E-state index contributed by atoms with van der Waals surface area (Å²) in [6, 6.07) is 0. The van der Waals surface area contributed by atoms with E-state index in [1.165, 1.54) is 22.6 Å². The van der Waals surface area contributed by atoms with Crippen molar-refractivity contribution in [3.05, 3.63) is 0 Å². The van der Waals surface area contributed by atoms with Crippen molar-refractivity contribution < 1.29 is 25.2 Å². The first-order valence-corrected chi connectivity index (χ1v) is 3.88. The van der Waals surface area contributed by atoms with Crippen molar-refractivity contribution in [3.8, 4) is 0 Å². The topological polar surface area (TPSA) is 98.0 Å². The van der Waals surface area contributed by atoms with Crippen LogP contribution in [0.15, 0.2) is 0 Å². The molecule has 66 valence electrons. The monoisotopic (exact) mass is 276 g/mol. The molecule has 0 fully saturated rings. The highest BCUT2D eigenvalue weighted by Gasteiger charge is 2.36. The van der Waals surface area contributed by atoms with Crippen LogP contribution in [0.25, 0.3) is 0 Å². The Hall–Kier alpha value is 0.240. The summed E-state index contributed by atoms with van der Waals surface area (Å²) in [6.07, 6.45) is -3.09. The van der Waals surface area contributed by atoms with Crippen LogP contribution in [0.1, 0.15) is 0 Å². The van der Waals surface area contributed by atoms with Crippen molar-refractivity contribution in [2.24, 2.45) is 0 Å². The third-order valence-corrected chi connectivity index (χ3v) is 2.02. The molecule has 0 aliphatic carbocycles. The van der Waals surface area contributed by atoms with Crippen LogP contribution in [0.2, 0.25) is 0 Å². The fourth-order valence-electron chi connectivity index (χ4n) is 0.439. The maximum Gasteiger partial charge on any atom is 0.199 e. The van der Waals surface area contributed by atoms with Crippen LogP contribution in [0, 0.1) is 0 Å². The zero-order chi connectivity index (χ0) is 9.07. The summed E-state index contributed by atoms with van der Waals surface area (Å²) in [7, 11) is 0. The number of hydrogen-bond donors (Lipinski definition) is 4. The van der Waals surface area contributed by atoms with Crippen LogP contribution >= 0.6 is 22.6 Å². The molecule has 0 aliphatic heterocycles. The normalized spacial score (nSPS) is 21.9. The SMILES string of the molecule is O=C[C@@](O)(I)[C@H](O)[C@H](O)CO. The van der Waals surface area contributed by atoms with E-state index in [-0.39, 0.29) is 6.29 Å². The number of aliphatic hydroxyl groups excluding tert-OH is 3. The number of carbonyl (C=O) groups is 1. The van der Waals surface area contributed by atoms with Crippen molar-refractivity contribution in [3.63, 3.8) is 0 Å². The summed E-state index contributed by atoms with van der Waals surface area (Å²) in [6.45, 7) is -0.708. The Bertz CT molecular complexity index is 137. The molecule has 5 nitrogen and oxygen atoms in total. The standard InChI is InChI=1S/C5H9IO5/c6-5(11,2-8)4(10)3(9)1-7/h2-4,7,9-11H,1H2/t3-,4-,5+/m1/s1. The lowest BCUT2D eigenvalue weighted by Crippen LogP contribution is -2.47. The van der Waals surface area contributed by atoms with E-state index in [1.807, 2.05) is 0 Å². The lowest BCUT2D eigenvalue weighted by Gasteiger charge is -2.24. The number of aldehydes is 1. The Morgan fingerprint density at radius 1 is 1.55 bits per heavy atom. The van der Waals surface area contributed by atoms with Crippen molar-refractivity contribution in [1.82, 2.24) is 0 Å². The first-order valence-electron chi connectivity index (χ1n) is 2.80. The molecule has 0 aliphatic rings. The van der Waals surface area contributed by atoms with Crippen molar-refractivity contribution in [2.45, 2.75) is 15.8 Å². The molecule has 0 unspecified atom stereocenters. The molecular weight excluding hydrogens is 267 g/mol. The van der Waals surface area contributed by atoms with Gasteiger partial charge in [0.1, 0.15) is 12.2 Å². The summed E-state index contributed by atoms with van der Waals surface area (Å²) >= 11 is 1.27. The van der Waals surface area contributed by atoms with Gasteiger partial charge in [-0.15, -0.1) is 0 Å². The van der Waals surface area contributed by atoms with Gasteiger partial charge in [0.05, 0.1) is 6.61 Å². The molecule has 4 N–H and O–H groups in total. The molecule has 0 saturated carbocycles. The molecule has 0 heterocycles. The van der Waals surface area contributed by atoms with Crippen LogP contribution in [0.4, 0.5) is 0 Å². The number of halogens is 1. The maximum absolute atomic E-state index is 10.1. The Kier molecular flexibility index (Phi) is 4.41. The van der Waals surface area contributed by atoms with Crippen LogP contribution in [0.5, 0.6) is 0 Å². The minimum absolute atomic E-state index is 0.0944. The number of rotatable bonds is 4. The summed E-state index contributed by atoms with van der Waals surface area (Å²) in [5.74, 6) is 0. The third kappa shape index (κ3) is 2.99. The van der Waals surface area contributed by atoms with E-state index in [4.69, 9.17) is 20.4 Å². The largest absolute Gasteiger partial charge is 0.394 e. The van der Waals surface area contributed by atoms with Gasteiger partial charge in [-0.1, -0.05) is 0 Å². The smallest absolute Gasteiger partial charge is 0.199 e. The second-order valence-electron chi connectivity index (χ2n) is 2.04. The minimum Gasteiger partial charge on any atom is -0.394 e. The van der Waals surface area contributed by atoms with E-state index in [1.54, 1.807) is 0 Å². The van der Waals surface area contributed by atoms with Crippen LogP contribution < -0.4 is 0 Å². The molecule has 0 amide bonds. The Morgan fingerprint density at radius 2 is 2.00 bits per heavy atom. The predicted octanol–water partition coefficient (Wildman–Crippen LogP) is -1.98. The molecule has 0 aromatic carbocycles. The molecule has 3 atom stereocenters. The lowest BCUT2D eigenvalue weighted by atomic mass is 10.1. The van der Waals surface area contributed by atoms with Gasteiger partial charge in [-0.05, 0) is 22.6 Å². The second-order valence-corrected chi connectivity index (χ2v) is 3.77. The van der Waals surface area contributed by atoms with Crippen molar-refractivity contribution >= 4 is 28.9 Å². The molecule has 11 heavy (non-hydrogen) atoms. The Balaban J connectivity index is 4.21. The molecule has 6 heteroatoms. The van der Waals surface area contributed by atoms with E-state index in [0.29, 0.717) is 0 Å². The molecule has 0 rings (SSSR count). The van der Waals surface area contributed by atoms with Gasteiger partial charge >= 0.3 is 0 Å². The van der Waals surface area contributed by atoms with Gasteiger partial charge in [-0.2, -0.15) is 0 Å². The molecular formula is C5H9IO5. The fourth-order valence-corrected chi connectivity index (χ4v) is 0.854. The van der Waals surface area contributed by atoms with Crippen LogP contribution in [0.3, 0.4) is 0 Å². The van der Waals surface area contributed by atoms with E-state index in [2.05, 4.69) is 0 Å².